The van der Waals surface area contributed by atoms with E-state index in [1.54, 1.807) is 11.8 Å². The first kappa shape index (κ1) is 17.3. The molecule has 7 nitrogen and oxygen atoms in total. The third-order valence-electron chi connectivity index (χ3n) is 4.12. The van der Waals surface area contributed by atoms with E-state index in [0.717, 1.165) is 12.8 Å². The van der Waals surface area contributed by atoms with Gasteiger partial charge in [0.15, 0.2) is 5.84 Å². The minimum atomic E-state index is -1.02. The van der Waals surface area contributed by atoms with Gasteiger partial charge in [0.05, 0.1) is 0 Å². The molecule has 1 atom stereocenters. The molecule has 1 saturated heterocycles. The van der Waals surface area contributed by atoms with Crippen molar-refractivity contribution in [1.82, 2.24) is 10.2 Å². The summed E-state index contributed by atoms with van der Waals surface area (Å²) in [6.07, 6.45) is 2.47. The van der Waals surface area contributed by atoms with Crippen LogP contribution in [0.25, 0.3) is 0 Å². The maximum Gasteiger partial charge on any atom is 0.242 e. The third-order valence-corrected chi connectivity index (χ3v) is 4.12. The van der Waals surface area contributed by atoms with Crippen molar-refractivity contribution in [2.75, 3.05) is 13.1 Å². The molecule has 0 aliphatic carbocycles. The summed E-state index contributed by atoms with van der Waals surface area (Å²) in [6, 6.07) is -0.536. The Bertz CT molecular complexity index is 416. The van der Waals surface area contributed by atoms with E-state index in [1.165, 1.54) is 0 Å². The molecule has 1 fully saturated rings. The third kappa shape index (κ3) is 3.28. The van der Waals surface area contributed by atoms with Gasteiger partial charge in [0.25, 0.3) is 0 Å². The minimum absolute atomic E-state index is 0.0608. The molecular formula is C14H26N4O3. The Hall–Kier alpha value is -1.79. The van der Waals surface area contributed by atoms with E-state index in [0.29, 0.717) is 25.9 Å². The smallest absolute Gasteiger partial charge is 0.242 e. The molecule has 0 aromatic carbocycles. The molecule has 4 N–H and O–H groups in total. The zero-order valence-electron chi connectivity index (χ0n) is 13.1. The van der Waals surface area contributed by atoms with Crippen molar-refractivity contribution in [1.29, 1.82) is 0 Å². The van der Waals surface area contributed by atoms with Gasteiger partial charge in [-0.15, -0.1) is 0 Å². The van der Waals surface area contributed by atoms with Crippen molar-refractivity contribution in [2.45, 2.75) is 52.5 Å². The standard InChI is InChI=1S/C14H26N4O3/c1-4-6-14(7-5-2,12(15)17-21)13(20)18-9-8-16-11(19)10(18)3/h10,21H,4-9H2,1-3H3,(H2,15,17)(H,16,19). The summed E-state index contributed by atoms with van der Waals surface area (Å²) >= 11 is 0. The summed E-state index contributed by atoms with van der Waals surface area (Å²) in [5.41, 5.74) is 4.84. The van der Waals surface area contributed by atoms with Gasteiger partial charge in [-0.2, -0.15) is 0 Å². The number of carbonyl (C=O) groups excluding carboxylic acids is 2. The van der Waals surface area contributed by atoms with Crippen LogP contribution in [-0.4, -0.2) is 46.9 Å². The van der Waals surface area contributed by atoms with Gasteiger partial charge in [-0.25, -0.2) is 0 Å². The second-order valence-corrected chi connectivity index (χ2v) is 5.53. The van der Waals surface area contributed by atoms with Gasteiger partial charge < -0.3 is 21.2 Å². The number of hydrogen-bond acceptors (Lipinski definition) is 4. The highest BCUT2D eigenvalue weighted by molar-refractivity contribution is 6.07. The number of carbonyl (C=O) groups is 2. The van der Waals surface area contributed by atoms with Gasteiger partial charge in [-0.05, 0) is 19.8 Å². The van der Waals surface area contributed by atoms with Crippen LogP contribution in [0.3, 0.4) is 0 Å². The van der Waals surface area contributed by atoms with Crippen LogP contribution in [0.15, 0.2) is 5.16 Å². The molecule has 0 bridgehead atoms. The van der Waals surface area contributed by atoms with Gasteiger partial charge in [0, 0.05) is 13.1 Å². The predicted molar refractivity (Wildman–Crippen MR) is 79.8 cm³/mol. The van der Waals surface area contributed by atoms with Crippen LogP contribution in [0.1, 0.15) is 46.5 Å². The molecule has 120 valence electrons. The van der Waals surface area contributed by atoms with Gasteiger partial charge in [-0.3, -0.25) is 9.59 Å². The highest BCUT2D eigenvalue weighted by Gasteiger charge is 2.46. The summed E-state index contributed by atoms with van der Waals surface area (Å²) in [4.78, 5) is 26.3. The van der Waals surface area contributed by atoms with Gasteiger partial charge >= 0.3 is 0 Å². The van der Waals surface area contributed by atoms with Crippen molar-refractivity contribution in [3.63, 3.8) is 0 Å². The molecule has 0 radical (unpaired) electrons. The zero-order chi connectivity index (χ0) is 16.0. The second kappa shape index (κ2) is 7.28. The monoisotopic (exact) mass is 298 g/mol. The van der Waals surface area contributed by atoms with E-state index in [2.05, 4.69) is 10.5 Å². The Morgan fingerprint density at radius 2 is 2.05 bits per heavy atom. The van der Waals surface area contributed by atoms with Gasteiger partial charge in [0.1, 0.15) is 11.5 Å². The lowest BCUT2D eigenvalue weighted by Gasteiger charge is -2.40. The van der Waals surface area contributed by atoms with E-state index in [-0.39, 0.29) is 17.6 Å². The SMILES string of the molecule is CCCC(CCC)(C(=O)N1CCNC(=O)C1C)C(N)=NO. The number of rotatable bonds is 6. The minimum Gasteiger partial charge on any atom is -0.409 e. The average Bonchev–Trinajstić information content (AvgIpc) is 2.48. The fourth-order valence-corrected chi connectivity index (χ4v) is 2.99. The largest absolute Gasteiger partial charge is 0.409 e. The molecule has 0 aromatic heterocycles. The van der Waals surface area contributed by atoms with Gasteiger partial charge in [-0.1, -0.05) is 31.8 Å². The first-order chi connectivity index (χ1) is 9.94. The molecule has 7 heteroatoms. The molecule has 1 heterocycles. The van der Waals surface area contributed by atoms with E-state index >= 15 is 0 Å². The number of amidine groups is 1. The lowest BCUT2D eigenvalue weighted by molar-refractivity contribution is -0.148. The van der Waals surface area contributed by atoms with E-state index in [4.69, 9.17) is 10.9 Å². The Morgan fingerprint density at radius 3 is 2.52 bits per heavy atom. The lowest BCUT2D eigenvalue weighted by atomic mass is 9.76. The molecule has 0 saturated carbocycles. The van der Waals surface area contributed by atoms with Gasteiger partial charge in [0.2, 0.25) is 11.8 Å². The van der Waals surface area contributed by atoms with E-state index in [1.807, 2.05) is 13.8 Å². The number of amides is 2. The van der Waals surface area contributed by atoms with Crippen molar-refractivity contribution in [3.8, 4) is 0 Å². The summed E-state index contributed by atoms with van der Waals surface area (Å²) in [7, 11) is 0. The fourth-order valence-electron chi connectivity index (χ4n) is 2.99. The Balaban J connectivity index is 3.17. The number of nitrogens with zero attached hydrogens (tertiary/aromatic N) is 2. The quantitative estimate of drug-likeness (QED) is 0.290. The second-order valence-electron chi connectivity index (χ2n) is 5.53. The highest BCUT2D eigenvalue weighted by atomic mass is 16.4. The van der Waals surface area contributed by atoms with Crippen LogP contribution in [0.5, 0.6) is 0 Å². The first-order valence-corrected chi connectivity index (χ1v) is 7.51. The van der Waals surface area contributed by atoms with Crippen molar-refractivity contribution < 1.29 is 14.8 Å². The van der Waals surface area contributed by atoms with Crippen LogP contribution in [0, 0.1) is 5.41 Å². The van der Waals surface area contributed by atoms with Crippen LogP contribution in [0.4, 0.5) is 0 Å². The van der Waals surface area contributed by atoms with E-state index in [9.17, 15) is 9.59 Å². The zero-order valence-corrected chi connectivity index (χ0v) is 13.1. The first-order valence-electron chi connectivity index (χ1n) is 7.51. The number of oxime groups is 1. The van der Waals surface area contributed by atoms with Crippen LogP contribution in [0.2, 0.25) is 0 Å². The normalized spacial score (nSPS) is 20.3. The Labute approximate surface area is 125 Å². The van der Waals surface area contributed by atoms with Crippen molar-refractivity contribution in [2.24, 2.45) is 16.3 Å². The Kier molecular flexibility index (Phi) is 5.99. The van der Waals surface area contributed by atoms with Crippen LogP contribution in [-0.2, 0) is 9.59 Å². The number of nitrogens with one attached hydrogen (secondary N) is 1. The maximum absolute atomic E-state index is 13.0. The summed E-state index contributed by atoms with van der Waals surface area (Å²) in [5.74, 6) is -0.450. The molecule has 0 aromatic rings. The summed E-state index contributed by atoms with van der Waals surface area (Å²) in [5, 5.41) is 14.9. The number of piperazine rings is 1. The van der Waals surface area contributed by atoms with E-state index < -0.39 is 11.5 Å². The maximum atomic E-state index is 13.0. The molecule has 2 amide bonds. The molecule has 1 unspecified atom stereocenters. The summed E-state index contributed by atoms with van der Waals surface area (Å²) < 4.78 is 0. The number of nitrogens with two attached hydrogens (primary N) is 1. The Morgan fingerprint density at radius 1 is 1.48 bits per heavy atom. The van der Waals surface area contributed by atoms with Crippen molar-refractivity contribution >= 4 is 17.6 Å². The highest BCUT2D eigenvalue weighted by Crippen LogP contribution is 2.33. The summed E-state index contributed by atoms with van der Waals surface area (Å²) in [6.45, 7) is 6.48. The topological polar surface area (TPSA) is 108 Å². The molecule has 0 spiro atoms. The predicted octanol–water partition coefficient (Wildman–Crippen LogP) is 0.666. The van der Waals surface area contributed by atoms with Crippen LogP contribution < -0.4 is 11.1 Å². The molecule has 1 aliphatic rings. The van der Waals surface area contributed by atoms with Crippen molar-refractivity contribution in [3.05, 3.63) is 0 Å². The molecule has 21 heavy (non-hydrogen) atoms. The lowest BCUT2D eigenvalue weighted by Crippen LogP contribution is -2.61. The number of hydrogen-bond donors (Lipinski definition) is 3. The molecule has 1 aliphatic heterocycles. The van der Waals surface area contributed by atoms with Crippen LogP contribution >= 0.6 is 0 Å². The molecule has 1 rings (SSSR count). The molecular weight excluding hydrogens is 272 g/mol. The average molecular weight is 298 g/mol. The fraction of sp³-hybridized carbons (Fsp3) is 0.786.